The summed E-state index contributed by atoms with van der Waals surface area (Å²) in [6.07, 6.45) is 5.84. The number of aromatic amines is 1. The number of nitrogens with zero attached hydrogens (tertiary/aromatic N) is 5. The zero-order chi connectivity index (χ0) is 21.9. The Morgan fingerprint density at radius 2 is 2.12 bits per heavy atom. The molecule has 1 atom stereocenters. The van der Waals surface area contributed by atoms with E-state index in [9.17, 15) is 4.39 Å². The lowest BCUT2D eigenvalue weighted by molar-refractivity contribution is 0.0692. The van der Waals surface area contributed by atoms with Crippen LogP contribution >= 0.6 is 21.3 Å². The van der Waals surface area contributed by atoms with Gasteiger partial charge in [0.2, 0.25) is 0 Å². The topological polar surface area (TPSA) is 88.0 Å². The fraction of sp³-hybridized carbons (Fsp3) is 0.227. The highest BCUT2D eigenvalue weighted by molar-refractivity contribution is 14.1. The molecule has 0 radical (unpaired) electrons. The second-order valence-corrected chi connectivity index (χ2v) is 9.59. The van der Waals surface area contributed by atoms with Crippen LogP contribution in [0.4, 0.5) is 4.39 Å². The Labute approximate surface area is 194 Å². The average Bonchev–Trinajstić information content (AvgIpc) is 3.43. The van der Waals surface area contributed by atoms with Crippen LogP contribution in [0.5, 0.6) is 0 Å². The van der Waals surface area contributed by atoms with Crippen LogP contribution in [0.25, 0.3) is 16.7 Å². The molecule has 0 amide bonds. The molecular formula is C22H20FIN6O2. The summed E-state index contributed by atoms with van der Waals surface area (Å²) in [5.41, 5.74) is 2.95. The van der Waals surface area contributed by atoms with Gasteiger partial charge in [-0.3, -0.25) is 3.11 Å². The Bertz CT molecular complexity index is 1240. The van der Waals surface area contributed by atoms with Crippen LogP contribution in [0.15, 0.2) is 68.9 Å². The summed E-state index contributed by atoms with van der Waals surface area (Å²) in [7, 11) is 1.96. The standard InChI is InChI=1S/C22H20FIN6O2/c1-30-20(28-29-24-30)13-32-17-10-15(21-26-19-7-4-8-25-22(19)27-21)9-16(11-17)31-12-14-5-2-3-6-18(14)23/h2-8,10-11,16H,9,12-13H2,1H3,(H,25,26,27). The van der Waals surface area contributed by atoms with Crippen molar-refractivity contribution in [2.75, 3.05) is 13.7 Å². The van der Waals surface area contributed by atoms with E-state index in [1.54, 1.807) is 24.4 Å². The van der Waals surface area contributed by atoms with Gasteiger partial charge in [0.25, 0.3) is 0 Å². The Morgan fingerprint density at radius 3 is 2.94 bits per heavy atom. The van der Waals surface area contributed by atoms with Crippen molar-refractivity contribution in [1.82, 2.24) is 18.1 Å². The number of likely N-dealkylation sites (N-methyl/N-ethyl adjacent to an activating group) is 1. The van der Waals surface area contributed by atoms with Crippen molar-refractivity contribution in [3.63, 3.8) is 0 Å². The molecule has 1 aliphatic carbocycles. The van der Waals surface area contributed by atoms with Crippen molar-refractivity contribution < 1.29 is 13.9 Å². The minimum atomic E-state index is -0.437. The number of benzene rings is 1. The lowest BCUT2D eigenvalue weighted by Gasteiger charge is -2.22. The van der Waals surface area contributed by atoms with E-state index in [2.05, 4.69) is 23.3 Å². The number of halogens is 2. The number of hydrogen-bond donors (Lipinski definition) is 1. The average molecular weight is 546 g/mol. The van der Waals surface area contributed by atoms with E-state index in [-0.39, 0.29) is 18.5 Å². The molecule has 164 valence electrons. The van der Waals surface area contributed by atoms with Crippen LogP contribution < -0.4 is 0 Å². The number of allylic oxidation sites excluding steroid dienone is 1. The Balaban J connectivity index is 1.37. The van der Waals surface area contributed by atoms with E-state index >= 15 is 0 Å². The molecule has 2 aromatic heterocycles. The molecule has 0 saturated carbocycles. The van der Waals surface area contributed by atoms with Gasteiger partial charge >= 0.3 is 0 Å². The number of rotatable bonds is 7. The first-order chi connectivity index (χ1) is 15.7. The molecule has 1 aromatic carbocycles. The summed E-state index contributed by atoms with van der Waals surface area (Å²) in [5, 5.41) is 4.16. The molecule has 0 saturated heterocycles. The number of pyridine rings is 1. The Kier molecular flexibility index (Phi) is 6.04. The van der Waals surface area contributed by atoms with Crippen LogP contribution in [0.2, 0.25) is 0 Å². The molecule has 3 heterocycles. The maximum atomic E-state index is 14.0. The van der Waals surface area contributed by atoms with Crippen molar-refractivity contribution in [3.05, 3.63) is 77.7 Å². The van der Waals surface area contributed by atoms with Crippen LogP contribution in [0, 0.1) is 5.82 Å². The van der Waals surface area contributed by atoms with Crippen LogP contribution in [-0.4, -0.2) is 43.7 Å². The molecule has 0 bridgehead atoms. The van der Waals surface area contributed by atoms with E-state index in [1.807, 2.05) is 34.4 Å². The zero-order valence-corrected chi connectivity index (χ0v) is 19.4. The second kappa shape index (κ2) is 9.25. The minimum Gasteiger partial charge on any atom is -0.486 e. The summed E-state index contributed by atoms with van der Waals surface area (Å²) in [6, 6.07) is 10.4. The van der Waals surface area contributed by atoms with Gasteiger partial charge in [-0.25, -0.2) is 14.4 Å². The number of nitrogens with one attached hydrogen (secondary N) is 1. The van der Waals surface area contributed by atoms with Gasteiger partial charge in [-0.2, -0.15) is 0 Å². The molecule has 1 aliphatic heterocycles. The zero-order valence-electron chi connectivity index (χ0n) is 17.2. The molecule has 0 fully saturated rings. The molecule has 2 aliphatic rings. The largest absolute Gasteiger partial charge is 0.486 e. The van der Waals surface area contributed by atoms with E-state index < -0.39 is 21.3 Å². The molecule has 0 spiro atoms. The maximum Gasteiger partial charge on any atom is 0.178 e. The van der Waals surface area contributed by atoms with Crippen LogP contribution in [0.3, 0.4) is 0 Å². The normalized spacial score (nSPS) is 18.2. The molecule has 3 aromatic rings. The molecule has 32 heavy (non-hydrogen) atoms. The predicted molar refractivity (Wildman–Crippen MR) is 127 cm³/mol. The van der Waals surface area contributed by atoms with Gasteiger partial charge in [-0.1, -0.05) is 18.2 Å². The summed E-state index contributed by atoms with van der Waals surface area (Å²) in [5.74, 6) is 1.89. The molecular weight excluding hydrogens is 526 g/mol. The number of ether oxygens (including phenoxy) is 2. The van der Waals surface area contributed by atoms with Gasteiger partial charge in [0, 0.05) is 30.8 Å². The number of fused-ring (bicyclic) bond motifs is 1. The lowest BCUT2D eigenvalue weighted by atomic mass is 10.0. The van der Waals surface area contributed by atoms with Crippen molar-refractivity contribution in [2.45, 2.75) is 19.1 Å². The summed E-state index contributed by atoms with van der Waals surface area (Å²) < 4.78 is 32.3. The van der Waals surface area contributed by atoms with Crippen molar-refractivity contribution in [1.29, 1.82) is 0 Å². The fourth-order valence-corrected chi connectivity index (χ4v) is 4.51. The molecule has 5 rings (SSSR count). The van der Waals surface area contributed by atoms with E-state index in [0.717, 1.165) is 16.9 Å². The van der Waals surface area contributed by atoms with E-state index in [0.29, 0.717) is 35.8 Å². The van der Waals surface area contributed by atoms with Gasteiger partial charge in [0.1, 0.15) is 45.3 Å². The minimum absolute atomic E-state index is 0.162. The molecule has 1 N–H and O–H groups in total. The van der Waals surface area contributed by atoms with E-state index in [1.165, 1.54) is 6.07 Å². The highest BCUT2D eigenvalue weighted by atomic mass is 127. The molecule has 10 heteroatoms. The second-order valence-electron chi connectivity index (χ2n) is 7.28. The summed E-state index contributed by atoms with van der Waals surface area (Å²) in [6.45, 7) is 0.478. The highest BCUT2D eigenvalue weighted by Gasteiger charge is 2.22. The maximum absolute atomic E-state index is 14.0. The Morgan fingerprint density at radius 1 is 1.22 bits per heavy atom. The number of hydrogen-bond acceptors (Lipinski definition) is 7. The number of imidazole rings is 1. The van der Waals surface area contributed by atoms with E-state index in [4.69, 9.17) is 9.47 Å². The van der Waals surface area contributed by atoms with Gasteiger partial charge in [-0.05, 0) is 30.4 Å². The van der Waals surface area contributed by atoms with Gasteiger partial charge in [0.05, 0.1) is 18.2 Å². The fourth-order valence-electron chi connectivity index (χ4n) is 3.39. The van der Waals surface area contributed by atoms with Crippen LogP contribution in [-0.2, 0) is 16.1 Å². The summed E-state index contributed by atoms with van der Waals surface area (Å²) >= 11 is -0.437. The first-order valence-corrected chi connectivity index (χ1v) is 11.9. The lowest BCUT2D eigenvalue weighted by Crippen LogP contribution is -2.22. The number of amidine groups is 1. The van der Waals surface area contributed by atoms with Gasteiger partial charge in [-0.15, -0.1) is 8.36 Å². The quantitative estimate of drug-likeness (QED) is 0.343. The number of aromatic nitrogens is 3. The van der Waals surface area contributed by atoms with Crippen molar-refractivity contribution in [2.24, 2.45) is 8.36 Å². The third-order valence-corrected chi connectivity index (χ3v) is 6.70. The third-order valence-electron chi connectivity index (χ3n) is 5.08. The van der Waals surface area contributed by atoms with Gasteiger partial charge in [0.15, 0.2) is 11.5 Å². The van der Waals surface area contributed by atoms with Crippen LogP contribution in [0.1, 0.15) is 17.8 Å². The Hall–Kier alpha value is -2.99. The first-order valence-electron chi connectivity index (χ1n) is 10.0. The molecule has 1 unspecified atom stereocenters. The summed E-state index contributed by atoms with van der Waals surface area (Å²) in [4.78, 5) is 12.2. The highest BCUT2D eigenvalue weighted by Crippen LogP contribution is 2.29. The monoisotopic (exact) mass is 546 g/mol. The predicted octanol–water partition coefficient (Wildman–Crippen LogP) is 4.70. The van der Waals surface area contributed by atoms with Crippen molar-refractivity contribution >= 4 is 43.9 Å². The number of H-pyrrole nitrogens is 1. The first kappa shape index (κ1) is 20.9. The molecule has 8 nitrogen and oxygen atoms in total. The SMILES string of the molecule is CN1I=NN=C1COC1=CC(OCc2ccccc2F)CC(c2nc3ncccc3[nH]2)=C1. The smallest absolute Gasteiger partial charge is 0.178 e. The third kappa shape index (κ3) is 4.60. The van der Waals surface area contributed by atoms with Gasteiger partial charge < -0.3 is 14.5 Å². The van der Waals surface area contributed by atoms with Crippen molar-refractivity contribution in [3.8, 4) is 0 Å².